The zero-order valence-electron chi connectivity index (χ0n) is 15.6. The van der Waals surface area contributed by atoms with Crippen LogP contribution in [0, 0.1) is 60.2 Å². The van der Waals surface area contributed by atoms with Crippen molar-refractivity contribution in [2.75, 3.05) is 0 Å². The maximum Gasteiger partial charge on any atom is 0.139 e. The molecule has 2 fully saturated rings. The highest BCUT2D eigenvalue weighted by Crippen LogP contribution is 2.39. The summed E-state index contributed by atoms with van der Waals surface area (Å²) in [6.07, 6.45) is 22.2. The van der Waals surface area contributed by atoms with Crippen LogP contribution in [0.5, 0.6) is 0 Å². The van der Waals surface area contributed by atoms with E-state index in [4.69, 9.17) is 12.8 Å². The second-order valence-electron chi connectivity index (χ2n) is 8.36. The number of rotatable bonds is 6. The van der Waals surface area contributed by atoms with Crippen molar-refractivity contribution in [3.63, 3.8) is 0 Å². The normalized spacial score (nSPS) is 33.0. The molecule has 2 aliphatic rings. The molecule has 1 heteroatoms. The molecule has 0 heterocycles. The lowest BCUT2D eigenvalue weighted by Crippen LogP contribution is -2.33. The van der Waals surface area contributed by atoms with E-state index >= 15 is 0 Å². The van der Waals surface area contributed by atoms with Crippen LogP contribution in [0.25, 0.3) is 0 Å². The fraction of sp³-hybridized carbons (Fsp3) is 0.783. The maximum atomic E-state index is 13.0. The van der Waals surface area contributed by atoms with Gasteiger partial charge in [0.25, 0.3) is 0 Å². The number of terminal acetylenes is 2. The summed E-state index contributed by atoms with van der Waals surface area (Å²) in [5, 5.41) is 0. The Hall–Kier alpha value is -1.21. The quantitative estimate of drug-likeness (QED) is 0.590. The van der Waals surface area contributed by atoms with Gasteiger partial charge in [-0.15, -0.1) is 24.7 Å². The molecule has 2 atom stereocenters. The number of ketones is 1. The van der Waals surface area contributed by atoms with Crippen LogP contribution in [0.15, 0.2) is 0 Å². The van der Waals surface area contributed by atoms with E-state index in [9.17, 15) is 4.79 Å². The predicted octanol–water partition coefficient (Wildman–Crippen LogP) is 5.49. The van der Waals surface area contributed by atoms with Gasteiger partial charge in [0.2, 0.25) is 0 Å². The van der Waals surface area contributed by atoms with E-state index in [0.717, 1.165) is 12.8 Å². The number of carbonyl (C=O) groups is 1. The fourth-order valence-electron chi connectivity index (χ4n) is 5.00. The van der Waals surface area contributed by atoms with Gasteiger partial charge < -0.3 is 0 Å². The van der Waals surface area contributed by atoms with Crippen molar-refractivity contribution in [2.24, 2.45) is 35.5 Å². The topological polar surface area (TPSA) is 17.1 Å². The lowest BCUT2D eigenvalue weighted by Gasteiger charge is -2.35. The van der Waals surface area contributed by atoms with Crippen LogP contribution in [0.4, 0.5) is 0 Å². The fourth-order valence-corrected chi connectivity index (χ4v) is 5.00. The molecular formula is C23H34O. The van der Waals surface area contributed by atoms with Crippen LogP contribution in [0.3, 0.4) is 0 Å². The Morgan fingerprint density at radius 1 is 0.792 bits per heavy atom. The highest BCUT2D eigenvalue weighted by atomic mass is 16.1. The molecule has 2 saturated carbocycles. The first-order valence-corrected chi connectivity index (χ1v) is 9.97. The molecule has 132 valence electrons. The monoisotopic (exact) mass is 326 g/mol. The Labute approximate surface area is 149 Å². The van der Waals surface area contributed by atoms with Crippen molar-refractivity contribution in [1.29, 1.82) is 0 Å². The molecule has 2 rings (SSSR count). The van der Waals surface area contributed by atoms with Crippen molar-refractivity contribution in [1.82, 2.24) is 0 Å². The van der Waals surface area contributed by atoms with Crippen LogP contribution in [0.1, 0.15) is 78.1 Å². The summed E-state index contributed by atoms with van der Waals surface area (Å²) in [6.45, 7) is 4.35. The third kappa shape index (κ3) is 4.89. The maximum absolute atomic E-state index is 13.0. The molecule has 0 saturated heterocycles. The van der Waals surface area contributed by atoms with Crippen LogP contribution >= 0.6 is 0 Å². The third-order valence-electron chi connectivity index (χ3n) is 6.91. The SMILES string of the molecule is C#CCC1CCC(C(C)C(=O)C(C)C2CCC(CC#C)CC2)CC1. The van der Waals surface area contributed by atoms with E-state index in [1.807, 2.05) is 0 Å². The number of hydrogen-bond acceptors (Lipinski definition) is 1. The number of carbonyl (C=O) groups excluding carboxylic acids is 1. The number of hydrogen-bond donors (Lipinski definition) is 0. The van der Waals surface area contributed by atoms with Crippen LogP contribution in [-0.2, 0) is 4.79 Å². The lowest BCUT2D eigenvalue weighted by molar-refractivity contribution is -0.130. The molecule has 2 unspecified atom stereocenters. The second kappa shape index (κ2) is 9.32. The molecule has 0 amide bonds. The second-order valence-corrected chi connectivity index (χ2v) is 8.36. The standard InChI is InChI=1S/C23H34O/c1-5-7-19-9-13-21(14-10-19)17(3)23(24)18(4)22-15-11-20(8-6-2)12-16-22/h1-2,17-22H,7-16H2,3-4H3. The van der Waals surface area contributed by atoms with Crippen LogP contribution < -0.4 is 0 Å². The zero-order valence-corrected chi connectivity index (χ0v) is 15.6. The molecule has 24 heavy (non-hydrogen) atoms. The molecule has 0 aromatic heterocycles. The van der Waals surface area contributed by atoms with Crippen LogP contribution in [0.2, 0.25) is 0 Å². The van der Waals surface area contributed by atoms with Crippen molar-refractivity contribution in [3.8, 4) is 24.7 Å². The third-order valence-corrected chi connectivity index (χ3v) is 6.91. The summed E-state index contributed by atoms with van der Waals surface area (Å²) in [5.41, 5.74) is 0. The molecule has 1 nitrogen and oxygen atoms in total. The van der Waals surface area contributed by atoms with E-state index in [1.165, 1.54) is 51.4 Å². The highest BCUT2D eigenvalue weighted by Gasteiger charge is 2.35. The lowest BCUT2D eigenvalue weighted by atomic mass is 9.69. The zero-order chi connectivity index (χ0) is 17.5. The summed E-state index contributed by atoms with van der Waals surface area (Å²) < 4.78 is 0. The Balaban J connectivity index is 1.81. The van der Waals surface area contributed by atoms with Crippen molar-refractivity contribution >= 4 is 5.78 Å². The average molecular weight is 327 g/mol. The summed E-state index contributed by atoms with van der Waals surface area (Å²) in [7, 11) is 0. The first-order chi connectivity index (χ1) is 11.6. The molecule has 0 spiro atoms. The van der Waals surface area contributed by atoms with E-state index in [2.05, 4.69) is 25.7 Å². The van der Waals surface area contributed by atoms with Gasteiger partial charge in [0.15, 0.2) is 0 Å². The number of Topliss-reactive ketones (excluding diaryl/α,β-unsaturated/α-hetero) is 1. The molecule has 0 aromatic rings. The van der Waals surface area contributed by atoms with Crippen LogP contribution in [-0.4, -0.2) is 5.78 Å². The van der Waals surface area contributed by atoms with E-state index in [1.54, 1.807) is 0 Å². The highest BCUT2D eigenvalue weighted by molar-refractivity contribution is 5.83. The minimum Gasteiger partial charge on any atom is -0.299 e. The van der Waals surface area contributed by atoms with E-state index in [-0.39, 0.29) is 11.8 Å². The predicted molar refractivity (Wildman–Crippen MR) is 101 cm³/mol. The van der Waals surface area contributed by atoms with Gasteiger partial charge in [-0.2, -0.15) is 0 Å². The van der Waals surface area contributed by atoms with Crippen molar-refractivity contribution < 1.29 is 4.79 Å². The van der Waals surface area contributed by atoms with Gasteiger partial charge in [-0.05, 0) is 75.0 Å². The molecule has 0 aliphatic heterocycles. The summed E-state index contributed by atoms with van der Waals surface area (Å²) >= 11 is 0. The summed E-state index contributed by atoms with van der Waals surface area (Å²) in [5.74, 6) is 9.08. The minimum absolute atomic E-state index is 0.218. The molecule has 0 aromatic carbocycles. The average Bonchev–Trinajstić information content (AvgIpc) is 2.62. The molecular weight excluding hydrogens is 292 g/mol. The first kappa shape index (κ1) is 19.1. The Bertz CT molecular complexity index is 431. The van der Waals surface area contributed by atoms with E-state index in [0.29, 0.717) is 29.5 Å². The van der Waals surface area contributed by atoms with Gasteiger partial charge in [0, 0.05) is 24.7 Å². The first-order valence-electron chi connectivity index (χ1n) is 9.97. The summed E-state index contributed by atoms with van der Waals surface area (Å²) in [4.78, 5) is 13.0. The molecule has 0 bridgehead atoms. The van der Waals surface area contributed by atoms with E-state index < -0.39 is 0 Å². The van der Waals surface area contributed by atoms with Gasteiger partial charge >= 0.3 is 0 Å². The van der Waals surface area contributed by atoms with Gasteiger partial charge in [-0.1, -0.05) is 13.8 Å². The smallest absolute Gasteiger partial charge is 0.139 e. The van der Waals surface area contributed by atoms with Gasteiger partial charge in [-0.25, -0.2) is 0 Å². The largest absolute Gasteiger partial charge is 0.299 e. The minimum atomic E-state index is 0.218. The summed E-state index contributed by atoms with van der Waals surface area (Å²) in [6, 6.07) is 0. The Kier molecular flexibility index (Phi) is 7.42. The van der Waals surface area contributed by atoms with Gasteiger partial charge in [-0.3, -0.25) is 4.79 Å². The van der Waals surface area contributed by atoms with Crippen molar-refractivity contribution in [3.05, 3.63) is 0 Å². The molecule has 0 radical (unpaired) electrons. The van der Waals surface area contributed by atoms with Gasteiger partial charge in [0.05, 0.1) is 0 Å². The Morgan fingerprint density at radius 2 is 1.12 bits per heavy atom. The van der Waals surface area contributed by atoms with Gasteiger partial charge in [0.1, 0.15) is 5.78 Å². The van der Waals surface area contributed by atoms with Crippen molar-refractivity contribution in [2.45, 2.75) is 78.1 Å². The molecule has 0 N–H and O–H groups in total. The Morgan fingerprint density at radius 3 is 1.42 bits per heavy atom. The molecule has 2 aliphatic carbocycles.